The third kappa shape index (κ3) is 3.18. The van der Waals surface area contributed by atoms with Crippen molar-refractivity contribution in [1.82, 2.24) is 9.97 Å². The van der Waals surface area contributed by atoms with Crippen LogP contribution in [0.25, 0.3) is 0 Å². The summed E-state index contributed by atoms with van der Waals surface area (Å²) in [5.74, 6) is 0.641. The number of anilines is 3. The van der Waals surface area contributed by atoms with E-state index in [0.717, 1.165) is 30.1 Å². The molecule has 34 heavy (non-hydrogen) atoms. The first kappa shape index (κ1) is 21.4. The van der Waals surface area contributed by atoms with Crippen LogP contribution in [0.15, 0.2) is 66.0 Å². The zero-order valence-corrected chi connectivity index (χ0v) is 20.0. The fraction of sp³-hybridized carbons (Fsp3) is 0.280. The molecule has 1 aromatic heterocycles. The molecule has 0 bridgehead atoms. The smallest absolute Gasteiger partial charge is 0.261 e. The van der Waals surface area contributed by atoms with Gasteiger partial charge in [-0.1, -0.05) is 29.3 Å². The van der Waals surface area contributed by atoms with Crippen molar-refractivity contribution in [2.75, 3.05) is 34.4 Å². The van der Waals surface area contributed by atoms with Gasteiger partial charge in [-0.05, 0) is 61.4 Å². The maximum atomic E-state index is 14.2. The monoisotopic (exact) mass is 492 g/mol. The van der Waals surface area contributed by atoms with Crippen molar-refractivity contribution in [2.24, 2.45) is 10.5 Å². The summed E-state index contributed by atoms with van der Waals surface area (Å²) in [6, 6.07) is 14.8. The van der Waals surface area contributed by atoms with E-state index in [1.54, 1.807) is 30.6 Å². The molecule has 0 unspecified atom stereocenters. The molecule has 1 spiro atoms. The number of aromatic nitrogens is 2. The van der Waals surface area contributed by atoms with Gasteiger partial charge >= 0.3 is 0 Å². The number of carbonyl (C=O) groups excluding carboxylic acids is 1. The normalized spacial score (nSPS) is 23.7. The predicted molar refractivity (Wildman–Crippen MR) is 135 cm³/mol. The Balaban J connectivity index is 1.46. The Bertz CT molecular complexity index is 1300. The molecule has 0 radical (unpaired) electrons. The maximum absolute atomic E-state index is 14.2. The highest BCUT2D eigenvalue weighted by Gasteiger charge is 2.60. The van der Waals surface area contributed by atoms with E-state index in [2.05, 4.69) is 19.8 Å². The molecule has 172 valence electrons. The molecule has 2 aromatic carbocycles. The minimum absolute atomic E-state index is 0.0289. The Morgan fingerprint density at radius 2 is 1.74 bits per heavy atom. The van der Waals surface area contributed by atoms with Gasteiger partial charge < -0.3 is 9.80 Å². The summed E-state index contributed by atoms with van der Waals surface area (Å²) in [6.45, 7) is 4.03. The highest BCUT2D eigenvalue weighted by atomic mass is 35.5. The fourth-order valence-corrected chi connectivity index (χ4v) is 5.77. The number of carbonyl (C=O) groups is 1. The molecule has 9 heteroatoms. The highest BCUT2D eigenvalue weighted by molar-refractivity contribution is 6.31. The van der Waals surface area contributed by atoms with Gasteiger partial charge in [-0.25, -0.2) is 9.97 Å². The van der Waals surface area contributed by atoms with Crippen molar-refractivity contribution in [3.8, 4) is 0 Å². The van der Waals surface area contributed by atoms with Gasteiger partial charge in [-0.3, -0.25) is 4.79 Å². The molecule has 3 aliphatic rings. The zero-order valence-electron chi connectivity index (χ0n) is 18.5. The van der Waals surface area contributed by atoms with Crippen LogP contribution in [0.1, 0.15) is 12.5 Å². The third-order valence-corrected chi connectivity index (χ3v) is 7.64. The Kier molecular flexibility index (Phi) is 5.00. The second kappa shape index (κ2) is 7.96. The number of piperazine rings is 1. The van der Waals surface area contributed by atoms with Crippen molar-refractivity contribution in [3.63, 3.8) is 0 Å². The lowest BCUT2D eigenvalue weighted by Gasteiger charge is -2.53. The Hall–Kier alpha value is -3.16. The summed E-state index contributed by atoms with van der Waals surface area (Å²) in [4.78, 5) is 27.6. The lowest BCUT2D eigenvalue weighted by molar-refractivity contribution is -0.125. The van der Waals surface area contributed by atoms with Crippen LogP contribution in [0.3, 0.4) is 0 Å². The molecule has 1 fully saturated rings. The van der Waals surface area contributed by atoms with Crippen molar-refractivity contribution in [3.05, 3.63) is 76.5 Å². The third-order valence-electron chi connectivity index (χ3n) is 7.15. The Morgan fingerprint density at radius 1 is 1.00 bits per heavy atom. The number of halogens is 2. The molecule has 4 heterocycles. The minimum atomic E-state index is -0.812. The van der Waals surface area contributed by atoms with Crippen LogP contribution in [-0.4, -0.2) is 47.3 Å². The molecule has 7 nitrogen and oxygen atoms in total. The van der Waals surface area contributed by atoms with Gasteiger partial charge in [0.25, 0.3) is 5.91 Å². The largest absolute Gasteiger partial charge is 0.363 e. The van der Waals surface area contributed by atoms with E-state index in [1.165, 1.54) is 5.01 Å². The van der Waals surface area contributed by atoms with Crippen molar-refractivity contribution < 1.29 is 4.79 Å². The number of hydrogen-bond acceptors (Lipinski definition) is 6. The van der Waals surface area contributed by atoms with Crippen LogP contribution in [0, 0.1) is 5.41 Å². The van der Waals surface area contributed by atoms with Crippen molar-refractivity contribution in [2.45, 2.75) is 19.4 Å². The van der Waals surface area contributed by atoms with Crippen LogP contribution in [0.5, 0.6) is 0 Å². The first-order valence-corrected chi connectivity index (χ1v) is 12.0. The topological polar surface area (TPSA) is 64.9 Å². The molecular formula is C25H22Cl2N6O. The predicted octanol–water partition coefficient (Wildman–Crippen LogP) is 4.44. The number of hydrogen-bond donors (Lipinski definition) is 0. The van der Waals surface area contributed by atoms with E-state index < -0.39 is 5.41 Å². The standard InChI is InChI=1S/C25H22Cl2N6O/c1-16-25(23(34)33(30-16)20-7-5-18(26)6-8-20)14-17-3-4-19(27)13-21(17)32-12-11-31(15-22(25)32)24-28-9-2-10-29-24/h2-10,13,22H,11-12,14-15H2,1H3/t22-,25+/m1/s1. The molecule has 3 aromatic rings. The van der Waals surface area contributed by atoms with Gasteiger partial charge in [0, 0.05) is 47.8 Å². The molecular weight excluding hydrogens is 471 g/mol. The SMILES string of the molecule is CC1=NN(c2ccc(Cl)cc2)C(=O)[C@@]12Cc1ccc(Cl)cc1N1CCN(c3ncccn3)C[C@@H]12. The van der Waals surface area contributed by atoms with Gasteiger partial charge in [0.05, 0.1) is 17.4 Å². The lowest BCUT2D eigenvalue weighted by Crippen LogP contribution is -2.67. The summed E-state index contributed by atoms with van der Waals surface area (Å²) in [6.07, 6.45) is 4.05. The molecule has 6 rings (SSSR count). The van der Waals surface area contributed by atoms with E-state index in [1.807, 2.05) is 37.3 Å². The Labute approximate surface area is 207 Å². The molecule has 0 saturated carbocycles. The highest BCUT2D eigenvalue weighted by Crippen LogP contribution is 2.49. The second-order valence-electron chi connectivity index (χ2n) is 8.90. The number of amides is 1. The summed E-state index contributed by atoms with van der Waals surface area (Å²) < 4.78 is 0. The number of fused-ring (bicyclic) bond motifs is 4. The molecule has 1 amide bonds. The minimum Gasteiger partial charge on any atom is -0.363 e. The molecule has 1 saturated heterocycles. The van der Waals surface area contributed by atoms with Crippen LogP contribution in [0.4, 0.5) is 17.3 Å². The van der Waals surface area contributed by atoms with E-state index in [0.29, 0.717) is 34.6 Å². The summed E-state index contributed by atoms with van der Waals surface area (Å²) in [5, 5.41) is 7.62. The van der Waals surface area contributed by atoms with Crippen LogP contribution < -0.4 is 14.8 Å². The summed E-state index contributed by atoms with van der Waals surface area (Å²) >= 11 is 12.5. The molecule has 3 aliphatic heterocycles. The maximum Gasteiger partial charge on any atom is 0.261 e. The van der Waals surface area contributed by atoms with Crippen LogP contribution >= 0.6 is 23.2 Å². The first-order chi connectivity index (χ1) is 16.5. The number of nitrogens with zero attached hydrogens (tertiary/aromatic N) is 6. The molecule has 2 atom stereocenters. The molecule has 0 aliphatic carbocycles. The van der Waals surface area contributed by atoms with E-state index in [-0.39, 0.29) is 11.9 Å². The lowest BCUT2D eigenvalue weighted by atomic mass is 9.67. The van der Waals surface area contributed by atoms with Crippen LogP contribution in [-0.2, 0) is 11.2 Å². The average Bonchev–Trinajstić information content (AvgIpc) is 3.11. The summed E-state index contributed by atoms with van der Waals surface area (Å²) in [5.41, 5.74) is 2.89. The van der Waals surface area contributed by atoms with Crippen molar-refractivity contribution >= 4 is 52.1 Å². The van der Waals surface area contributed by atoms with E-state index in [9.17, 15) is 4.79 Å². The number of benzene rings is 2. The average molecular weight is 493 g/mol. The van der Waals surface area contributed by atoms with Gasteiger partial charge in [-0.15, -0.1) is 0 Å². The number of rotatable bonds is 2. The van der Waals surface area contributed by atoms with E-state index in [4.69, 9.17) is 28.3 Å². The van der Waals surface area contributed by atoms with Gasteiger partial charge in [0.2, 0.25) is 5.95 Å². The molecule has 0 N–H and O–H groups in total. The zero-order chi connectivity index (χ0) is 23.4. The van der Waals surface area contributed by atoms with E-state index >= 15 is 0 Å². The van der Waals surface area contributed by atoms with Gasteiger partial charge in [0.1, 0.15) is 5.41 Å². The second-order valence-corrected chi connectivity index (χ2v) is 9.78. The fourth-order valence-electron chi connectivity index (χ4n) is 5.47. The number of hydrazone groups is 1. The Morgan fingerprint density at radius 3 is 2.50 bits per heavy atom. The van der Waals surface area contributed by atoms with Gasteiger partial charge in [0.15, 0.2) is 0 Å². The quantitative estimate of drug-likeness (QED) is 0.528. The van der Waals surface area contributed by atoms with Crippen LogP contribution in [0.2, 0.25) is 10.0 Å². The van der Waals surface area contributed by atoms with Crippen molar-refractivity contribution in [1.29, 1.82) is 0 Å². The summed E-state index contributed by atoms with van der Waals surface area (Å²) in [7, 11) is 0. The van der Waals surface area contributed by atoms with Gasteiger partial charge in [-0.2, -0.15) is 10.1 Å². The first-order valence-electron chi connectivity index (χ1n) is 11.2.